The van der Waals surface area contributed by atoms with E-state index < -0.39 is 0 Å². The van der Waals surface area contributed by atoms with E-state index in [9.17, 15) is 14.4 Å². The molecular formula is C16H17N5O3. The Morgan fingerprint density at radius 2 is 2.12 bits per heavy atom. The molecule has 124 valence electrons. The summed E-state index contributed by atoms with van der Waals surface area (Å²) in [5.41, 5.74) is 2.76. The fraction of sp³-hybridized carbons (Fsp3) is 0.250. The largest absolute Gasteiger partial charge is 0.342 e. The van der Waals surface area contributed by atoms with E-state index in [4.69, 9.17) is 0 Å². The van der Waals surface area contributed by atoms with Gasteiger partial charge in [0.1, 0.15) is 5.69 Å². The highest BCUT2D eigenvalue weighted by Crippen LogP contribution is 2.25. The molecule has 1 aromatic carbocycles. The van der Waals surface area contributed by atoms with Crippen LogP contribution in [0.5, 0.6) is 0 Å². The SMILES string of the molecule is Cn1nccc1C(=O)NCC(=O)Nc1ccc2c(c1)CCC(=O)N2. The second kappa shape index (κ2) is 6.53. The Morgan fingerprint density at radius 3 is 2.88 bits per heavy atom. The van der Waals surface area contributed by atoms with Gasteiger partial charge in [0.05, 0.1) is 6.54 Å². The number of aromatic nitrogens is 2. The van der Waals surface area contributed by atoms with E-state index in [0.29, 0.717) is 24.2 Å². The Hall–Kier alpha value is -3.16. The first-order valence-corrected chi connectivity index (χ1v) is 7.52. The lowest BCUT2D eigenvalue weighted by atomic mass is 10.0. The number of rotatable bonds is 4. The fourth-order valence-corrected chi connectivity index (χ4v) is 2.51. The number of hydrogen-bond acceptors (Lipinski definition) is 4. The highest BCUT2D eigenvalue weighted by Gasteiger charge is 2.16. The van der Waals surface area contributed by atoms with Gasteiger partial charge in [0.2, 0.25) is 11.8 Å². The van der Waals surface area contributed by atoms with E-state index in [2.05, 4.69) is 21.0 Å². The lowest BCUT2D eigenvalue weighted by molar-refractivity contribution is -0.116. The molecule has 0 bridgehead atoms. The zero-order valence-electron chi connectivity index (χ0n) is 13.1. The van der Waals surface area contributed by atoms with Gasteiger partial charge in [0.25, 0.3) is 5.91 Å². The number of carbonyl (C=O) groups is 3. The third-order valence-corrected chi connectivity index (χ3v) is 3.75. The van der Waals surface area contributed by atoms with Crippen molar-refractivity contribution < 1.29 is 14.4 Å². The van der Waals surface area contributed by atoms with Crippen molar-refractivity contribution >= 4 is 29.1 Å². The van der Waals surface area contributed by atoms with Gasteiger partial charge in [-0.25, -0.2) is 0 Å². The number of amides is 3. The summed E-state index contributed by atoms with van der Waals surface area (Å²) in [6.45, 7) is -0.141. The number of aryl methyl sites for hydroxylation is 2. The molecule has 1 aromatic heterocycles. The van der Waals surface area contributed by atoms with E-state index in [-0.39, 0.29) is 24.3 Å². The first-order valence-electron chi connectivity index (χ1n) is 7.52. The molecule has 1 aliphatic rings. The first-order chi connectivity index (χ1) is 11.5. The Morgan fingerprint density at radius 1 is 1.29 bits per heavy atom. The van der Waals surface area contributed by atoms with Gasteiger partial charge in [-0.05, 0) is 36.2 Å². The Kier molecular flexibility index (Phi) is 4.28. The lowest BCUT2D eigenvalue weighted by Gasteiger charge is -2.17. The number of carbonyl (C=O) groups excluding carboxylic acids is 3. The van der Waals surface area contributed by atoms with Crippen molar-refractivity contribution in [3.8, 4) is 0 Å². The molecular weight excluding hydrogens is 310 g/mol. The molecule has 0 aliphatic carbocycles. The molecule has 24 heavy (non-hydrogen) atoms. The molecule has 0 saturated heterocycles. The number of nitrogens with one attached hydrogen (secondary N) is 3. The van der Waals surface area contributed by atoms with Crippen molar-refractivity contribution in [2.75, 3.05) is 17.2 Å². The molecule has 0 atom stereocenters. The van der Waals surface area contributed by atoms with Crippen LogP contribution < -0.4 is 16.0 Å². The molecule has 0 spiro atoms. The number of hydrogen-bond donors (Lipinski definition) is 3. The summed E-state index contributed by atoms with van der Waals surface area (Å²) < 4.78 is 1.44. The minimum atomic E-state index is -0.363. The van der Waals surface area contributed by atoms with Crippen LogP contribution >= 0.6 is 0 Å². The maximum absolute atomic E-state index is 12.0. The molecule has 3 amide bonds. The maximum Gasteiger partial charge on any atom is 0.269 e. The van der Waals surface area contributed by atoms with Crippen LogP contribution in [0.1, 0.15) is 22.5 Å². The maximum atomic E-state index is 12.0. The minimum absolute atomic E-state index is 0.00263. The molecule has 0 saturated carbocycles. The molecule has 0 unspecified atom stereocenters. The van der Waals surface area contributed by atoms with E-state index in [0.717, 1.165) is 11.3 Å². The average Bonchev–Trinajstić information content (AvgIpc) is 2.99. The highest BCUT2D eigenvalue weighted by molar-refractivity contribution is 5.99. The molecule has 8 nitrogen and oxygen atoms in total. The zero-order chi connectivity index (χ0) is 17.1. The molecule has 3 N–H and O–H groups in total. The van der Waals surface area contributed by atoms with Gasteiger partial charge in [-0.3, -0.25) is 19.1 Å². The summed E-state index contributed by atoms with van der Waals surface area (Å²) in [5.74, 6) is -0.694. The van der Waals surface area contributed by atoms with Crippen molar-refractivity contribution in [1.82, 2.24) is 15.1 Å². The second-order valence-electron chi connectivity index (χ2n) is 5.49. The van der Waals surface area contributed by atoms with Crippen molar-refractivity contribution in [2.24, 2.45) is 7.05 Å². The number of anilines is 2. The summed E-state index contributed by atoms with van der Waals surface area (Å²) in [6, 6.07) is 6.88. The fourth-order valence-electron chi connectivity index (χ4n) is 2.51. The molecule has 1 aliphatic heterocycles. The normalized spacial score (nSPS) is 13.0. The van der Waals surface area contributed by atoms with Crippen molar-refractivity contribution in [3.05, 3.63) is 41.7 Å². The molecule has 2 heterocycles. The first kappa shape index (κ1) is 15.7. The number of nitrogens with zero attached hydrogens (tertiary/aromatic N) is 2. The number of fused-ring (bicyclic) bond motifs is 1. The van der Waals surface area contributed by atoms with E-state index in [1.54, 1.807) is 25.2 Å². The predicted molar refractivity (Wildman–Crippen MR) is 87.6 cm³/mol. The van der Waals surface area contributed by atoms with Crippen LogP contribution in [0.2, 0.25) is 0 Å². The van der Waals surface area contributed by atoms with Gasteiger partial charge in [-0.1, -0.05) is 0 Å². The van der Waals surface area contributed by atoms with Crippen LogP contribution in [0.15, 0.2) is 30.5 Å². The van der Waals surface area contributed by atoms with Crippen LogP contribution in [-0.4, -0.2) is 34.0 Å². The molecule has 2 aromatic rings. The third-order valence-electron chi connectivity index (χ3n) is 3.75. The summed E-state index contributed by atoms with van der Waals surface area (Å²) >= 11 is 0. The van der Waals surface area contributed by atoms with Gasteiger partial charge >= 0.3 is 0 Å². The standard InChI is InChI=1S/C16H17N5O3/c1-21-13(6-7-18-21)16(24)17-9-15(23)19-11-3-4-12-10(8-11)2-5-14(22)20-12/h3-4,6-8H,2,5,9H2,1H3,(H,17,24)(H,19,23)(H,20,22). The average molecular weight is 327 g/mol. The summed E-state index contributed by atoms with van der Waals surface area (Å²) in [6.07, 6.45) is 2.59. The smallest absolute Gasteiger partial charge is 0.269 e. The lowest BCUT2D eigenvalue weighted by Crippen LogP contribution is -2.33. The van der Waals surface area contributed by atoms with Crippen LogP contribution in [0.3, 0.4) is 0 Å². The van der Waals surface area contributed by atoms with Crippen molar-refractivity contribution in [2.45, 2.75) is 12.8 Å². The van der Waals surface area contributed by atoms with Crippen molar-refractivity contribution in [1.29, 1.82) is 0 Å². The van der Waals surface area contributed by atoms with Crippen LogP contribution in [-0.2, 0) is 23.1 Å². The Bertz CT molecular complexity index is 812. The van der Waals surface area contributed by atoms with Crippen LogP contribution in [0.4, 0.5) is 11.4 Å². The molecule has 8 heteroatoms. The monoisotopic (exact) mass is 327 g/mol. The summed E-state index contributed by atoms with van der Waals surface area (Å²) in [7, 11) is 1.65. The van der Waals surface area contributed by atoms with Gasteiger partial charge < -0.3 is 16.0 Å². The van der Waals surface area contributed by atoms with Crippen LogP contribution in [0.25, 0.3) is 0 Å². The second-order valence-corrected chi connectivity index (χ2v) is 5.49. The predicted octanol–water partition coefficient (Wildman–Crippen LogP) is 0.673. The van der Waals surface area contributed by atoms with Gasteiger partial charge in [0.15, 0.2) is 0 Å². The molecule has 3 rings (SSSR count). The summed E-state index contributed by atoms with van der Waals surface area (Å²) in [5, 5.41) is 12.0. The Balaban J connectivity index is 1.56. The summed E-state index contributed by atoms with van der Waals surface area (Å²) in [4.78, 5) is 35.2. The van der Waals surface area contributed by atoms with Gasteiger partial charge in [-0.2, -0.15) is 5.10 Å². The van der Waals surface area contributed by atoms with Crippen LogP contribution in [0, 0.1) is 0 Å². The number of benzene rings is 1. The molecule has 0 radical (unpaired) electrons. The minimum Gasteiger partial charge on any atom is -0.342 e. The van der Waals surface area contributed by atoms with E-state index >= 15 is 0 Å². The van der Waals surface area contributed by atoms with Gasteiger partial charge in [-0.15, -0.1) is 0 Å². The Labute approximate surface area is 138 Å². The third kappa shape index (κ3) is 3.43. The zero-order valence-corrected chi connectivity index (χ0v) is 13.1. The van der Waals surface area contributed by atoms with Gasteiger partial charge in [0, 0.05) is 31.0 Å². The topological polar surface area (TPSA) is 105 Å². The highest BCUT2D eigenvalue weighted by atomic mass is 16.2. The van der Waals surface area contributed by atoms with E-state index in [1.165, 1.54) is 10.9 Å². The quantitative estimate of drug-likeness (QED) is 0.767. The molecule has 0 fully saturated rings. The van der Waals surface area contributed by atoms with E-state index in [1.807, 2.05) is 6.07 Å². The van der Waals surface area contributed by atoms with Crippen molar-refractivity contribution in [3.63, 3.8) is 0 Å².